The molecule has 1 atom stereocenters. The molecule has 1 aliphatic rings. The van der Waals surface area contributed by atoms with E-state index in [2.05, 4.69) is 6.07 Å². The number of carbonyl (C=O) groups excluding carboxylic acids is 1. The lowest BCUT2D eigenvalue weighted by molar-refractivity contribution is -0.135. The van der Waals surface area contributed by atoms with Crippen LogP contribution in [0.25, 0.3) is 0 Å². The number of likely N-dealkylation sites (tertiary alicyclic amines) is 1. The number of nitriles is 1. The Bertz CT molecular complexity index is 607. The number of piperidine rings is 1. The summed E-state index contributed by atoms with van der Waals surface area (Å²) >= 11 is 0. The fourth-order valence-electron chi connectivity index (χ4n) is 3.00. The lowest BCUT2D eigenvalue weighted by Gasteiger charge is -2.42. The SMILES string of the molecule is COc1ccc(CC(=O)N2CCCC(C)(C)[C@@H]2C#N)cc1F. The van der Waals surface area contributed by atoms with Gasteiger partial charge in [-0.05, 0) is 36.0 Å². The Kier molecular flexibility index (Phi) is 4.70. The minimum Gasteiger partial charge on any atom is -0.494 e. The number of hydrogen-bond acceptors (Lipinski definition) is 3. The van der Waals surface area contributed by atoms with Crippen LogP contribution in [-0.4, -0.2) is 30.5 Å². The number of amides is 1. The van der Waals surface area contributed by atoms with Gasteiger partial charge in [0.1, 0.15) is 6.04 Å². The lowest BCUT2D eigenvalue weighted by atomic mass is 9.77. The molecule has 1 aromatic carbocycles. The highest BCUT2D eigenvalue weighted by molar-refractivity contribution is 5.79. The van der Waals surface area contributed by atoms with Crippen molar-refractivity contribution in [2.75, 3.05) is 13.7 Å². The monoisotopic (exact) mass is 304 g/mol. The number of ether oxygens (including phenoxy) is 1. The van der Waals surface area contributed by atoms with Crippen molar-refractivity contribution in [2.45, 2.75) is 39.2 Å². The maximum atomic E-state index is 13.7. The summed E-state index contributed by atoms with van der Waals surface area (Å²) in [7, 11) is 1.40. The zero-order chi connectivity index (χ0) is 16.3. The van der Waals surface area contributed by atoms with Crippen molar-refractivity contribution in [1.82, 2.24) is 4.90 Å². The Morgan fingerprint density at radius 1 is 1.55 bits per heavy atom. The molecule has 0 saturated carbocycles. The maximum absolute atomic E-state index is 13.7. The van der Waals surface area contributed by atoms with Gasteiger partial charge in [0.2, 0.25) is 5.91 Å². The number of carbonyl (C=O) groups is 1. The standard InChI is InChI=1S/C17H21FN2O2/c1-17(2)7-4-8-20(15(17)11-19)16(21)10-12-5-6-14(22-3)13(18)9-12/h5-6,9,15H,4,7-8,10H2,1-3H3/t15-/m0/s1. The first-order valence-corrected chi connectivity index (χ1v) is 7.40. The van der Waals surface area contributed by atoms with Gasteiger partial charge in [0.15, 0.2) is 11.6 Å². The van der Waals surface area contributed by atoms with Crippen LogP contribution < -0.4 is 4.74 Å². The van der Waals surface area contributed by atoms with Gasteiger partial charge in [0.25, 0.3) is 0 Å². The fraction of sp³-hybridized carbons (Fsp3) is 0.529. The zero-order valence-corrected chi connectivity index (χ0v) is 13.2. The molecule has 1 aromatic rings. The van der Waals surface area contributed by atoms with Crippen LogP contribution in [0.1, 0.15) is 32.3 Å². The van der Waals surface area contributed by atoms with Crippen LogP contribution in [0.4, 0.5) is 4.39 Å². The van der Waals surface area contributed by atoms with Gasteiger partial charge in [-0.3, -0.25) is 4.79 Å². The summed E-state index contributed by atoms with van der Waals surface area (Å²) in [5.41, 5.74) is 0.372. The molecule has 0 unspecified atom stereocenters. The van der Waals surface area contributed by atoms with Gasteiger partial charge in [-0.1, -0.05) is 19.9 Å². The molecule has 0 spiro atoms. The average Bonchev–Trinajstić information content (AvgIpc) is 2.46. The van der Waals surface area contributed by atoms with E-state index in [4.69, 9.17) is 4.74 Å². The Labute approximate surface area is 130 Å². The van der Waals surface area contributed by atoms with E-state index in [1.807, 2.05) is 13.8 Å². The quantitative estimate of drug-likeness (QED) is 0.862. The summed E-state index contributed by atoms with van der Waals surface area (Å²) in [6.45, 7) is 4.60. The molecule has 22 heavy (non-hydrogen) atoms. The van der Waals surface area contributed by atoms with Crippen LogP contribution in [-0.2, 0) is 11.2 Å². The number of rotatable bonds is 3. The third-order valence-electron chi connectivity index (χ3n) is 4.29. The van der Waals surface area contributed by atoms with E-state index in [1.165, 1.54) is 19.2 Å². The minimum atomic E-state index is -0.483. The molecule has 0 radical (unpaired) electrons. The van der Waals surface area contributed by atoms with Gasteiger partial charge in [-0.2, -0.15) is 5.26 Å². The van der Waals surface area contributed by atoms with Crippen LogP contribution in [0, 0.1) is 22.6 Å². The molecule has 0 bridgehead atoms. The van der Waals surface area contributed by atoms with Crippen molar-refractivity contribution in [3.8, 4) is 11.8 Å². The Morgan fingerprint density at radius 3 is 2.86 bits per heavy atom. The molecule has 1 heterocycles. The van der Waals surface area contributed by atoms with Crippen LogP contribution in [0.2, 0.25) is 0 Å². The summed E-state index contributed by atoms with van der Waals surface area (Å²) in [5, 5.41) is 9.40. The minimum absolute atomic E-state index is 0.0924. The van der Waals surface area contributed by atoms with Crippen molar-refractivity contribution in [3.63, 3.8) is 0 Å². The number of benzene rings is 1. The first kappa shape index (κ1) is 16.3. The van der Waals surface area contributed by atoms with E-state index in [-0.39, 0.29) is 23.5 Å². The highest BCUT2D eigenvalue weighted by Crippen LogP contribution is 2.35. The third-order valence-corrected chi connectivity index (χ3v) is 4.29. The second-order valence-corrected chi connectivity index (χ2v) is 6.36. The second-order valence-electron chi connectivity index (χ2n) is 6.36. The summed E-state index contributed by atoms with van der Waals surface area (Å²) in [5.74, 6) is -0.460. The van der Waals surface area contributed by atoms with E-state index in [9.17, 15) is 14.4 Å². The lowest BCUT2D eigenvalue weighted by Crippen LogP contribution is -2.52. The van der Waals surface area contributed by atoms with Gasteiger partial charge >= 0.3 is 0 Å². The van der Waals surface area contributed by atoms with Crippen molar-refractivity contribution >= 4 is 5.91 Å². The van der Waals surface area contributed by atoms with Gasteiger partial charge in [-0.15, -0.1) is 0 Å². The molecule has 2 rings (SSSR count). The molecule has 0 N–H and O–H groups in total. The normalized spacial score (nSPS) is 20.3. The third kappa shape index (κ3) is 3.22. The number of methoxy groups -OCH3 is 1. The molecule has 5 heteroatoms. The maximum Gasteiger partial charge on any atom is 0.228 e. The number of hydrogen-bond donors (Lipinski definition) is 0. The molecule has 1 amide bonds. The molecular weight excluding hydrogens is 283 g/mol. The predicted octanol–water partition coefficient (Wildman–Crippen LogP) is 2.92. The smallest absolute Gasteiger partial charge is 0.228 e. The summed E-state index contributed by atoms with van der Waals surface area (Å²) in [4.78, 5) is 14.1. The summed E-state index contributed by atoms with van der Waals surface area (Å²) in [6, 6.07) is 6.32. The average molecular weight is 304 g/mol. The highest BCUT2D eigenvalue weighted by atomic mass is 19.1. The molecule has 4 nitrogen and oxygen atoms in total. The molecule has 1 fully saturated rings. The van der Waals surface area contributed by atoms with Gasteiger partial charge < -0.3 is 9.64 Å². The van der Waals surface area contributed by atoms with Crippen molar-refractivity contribution in [3.05, 3.63) is 29.6 Å². The Balaban J connectivity index is 2.14. The summed E-state index contributed by atoms with van der Waals surface area (Å²) in [6.07, 6.45) is 1.90. The van der Waals surface area contributed by atoms with Crippen LogP contribution >= 0.6 is 0 Å². The van der Waals surface area contributed by atoms with Crippen LogP contribution in [0.3, 0.4) is 0 Å². The van der Waals surface area contributed by atoms with Crippen LogP contribution in [0.15, 0.2) is 18.2 Å². The number of halogens is 1. The molecule has 0 aliphatic carbocycles. The molecular formula is C17H21FN2O2. The van der Waals surface area contributed by atoms with E-state index < -0.39 is 11.9 Å². The highest BCUT2D eigenvalue weighted by Gasteiger charge is 2.39. The van der Waals surface area contributed by atoms with Crippen molar-refractivity contribution in [1.29, 1.82) is 5.26 Å². The molecule has 0 aromatic heterocycles. The van der Waals surface area contributed by atoms with E-state index >= 15 is 0 Å². The Morgan fingerprint density at radius 2 is 2.27 bits per heavy atom. The van der Waals surface area contributed by atoms with Gasteiger partial charge in [0, 0.05) is 6.54 Å². The largest absolute Gasteiger partial charge is 0.494 e. The Hall–Kier alpha value is -2.09. The molecule has 1 saturated heterocycles. The summed E-state index contributed by atoms with van der Waals surface area (Å²) < 4.78 is 18.6. The predicted molar refractivity (Wildman–Crippen MR) is 80.8 cm³/mol. The number of nitrogens with zero attached hydrogens (tertiary/aromatic N) is 2. The van der Waals surface area contributed by atoms with Crippen molar-refractivity contribution in [2.24, 2.45) is 5.41 Å². The first-order valence-electron chi connectivity index (χ1n) is 7.40. The second kappa shape index (κ2) is 6.35. The zero-order valence-electron chi connectivity index (χ0n) is 13.2. The molecule has 118 valence electrons. The van der Waals surface area contributed by atoms with Gasteiger partial charge in [0.05, 0.1) is 19.6 Å². The van der Waals surface area contributed by atoms with E-state index in [1.54, 1.807) is 11.0 Å². The first-order chi connectivity index (χ1) is 10.4. The van der Waals surface area contributed by atoms with E-state index in [0.29, 0.717) is 12.1 Å². The van der Waals surface area contributed by atoms with Crippen molar-refractivity contribution < 1.29 is 13.9 Å². The fourth-order valence-corrected chi connectivity index (χ4v) is 3.00. The van der Waals surface area contributed by atoms with Gasteiger partial charge in [-0.25, -0.2) is 4.39 Å². The van der Waals surface area contributed by atoms with Crippen LogP contribution in [0.5, 0.6) is 5.75 Å². The molecule has 1 aliphatic heterocycles. The van der Waals surface area contributed by atoms with E-state index in [0.717, 1.165) is 12.8 Å². The topological polar surface area (TPSA) is 53.3 Å².